The minimum absolute atomic E-state index is 0.298. The molecule has 0 saturated heterocycles. The van der Waals surface area contributed by atoms with Crippen molar-refractivity contribution >= 4 is 17.4 Å². The summed E-state index contributed by atoms with van der Waals surface area (Å²) in [4.78, 5) is 6.81. The van der Waals surface area contributed by atoms with Crippen LogP contribution in [-0.4, -0.2) is 26.7 Å². The van der Waals surface area contributed by atoms with E-state index in [4.69, 9.17) is 11.6 Å². The highest BCUT2D eigenvalue weighted by atomic mass is 35.5. The molecule has 1 heterocycles. The molecule has 1 aromatic heterocycles. The lowest BCUT2D eigenvalue weighted by atomic mass is 10.0. The van der Waals surface area contributed by atoms with Gasteiger partial charge in [-0.25, -0.2) is 9.97 Å². The molecule has 0 saturated carbocycles. The third-order valence-electron chi connectivity index (χ3n) is 2.48. The van der Waals surface area contributed by atoms with Crippen molar-refractivity contribution in [3.63, 3.8) is 0 Å². The lowest BCUT2D eigenvalue weighted by Gasteiger charge is -2.28. The number of aromatic nitrogens is 2. The highest BCUT2D eigenvalue weighted by molar-refractivity contribution is 6.28. The van der Waals surface area contributed by atoms with Crippen LogP contribution in [0.3, 0.4) is 0 Å². The lowest BCUT2D eigenvalue weighted by molar-refractivity contribution is -0.137. The van der Waals surface area contributed by atoms with Gasteiger partial charge in [-0.3, -0.25) is 0 Å². The zero-order valence-electron chi connectivity index (χ0n) is 10.0. The average Bonchev–Trinajstić information content (AvgIpc) is 2.13. The Morgan fingerprint density at radius 1 is 1.39 bits per heavy atom. The van der Waals surface area contributed by atoms with Crippen LogP contribution in [0.25, 0.3) is 0 Å². The number of halogens is 4. The van der Waals surface area contributed by atoms with E-state index in [0.29, 0.717) is 6.20 Å². The second-order valence-electron chi connectivity index (χ2n) is 4.42. The summed E-state index contributed by atoms with van der Waals surface area (Å²) in [5.74, 6) is -0.447. The molecule has 102 valence electrons. The lowest BCUT2D eigenvalue weighted by Crippen LogP contribution is -2.40. The molecule has 0 radical (unpaired) electrons. The van der Waals surface area contributed by atoms with E-state index in [-0.39, 0.29) is 5.28 Å². The van der Waals surface area contributed by atoms with E-state index >= 15 is 0 Å². The molecule has 0 aliphatic heterocycles. The van der Waals surface area contributed by atoms with Crippen molar-refractivity contribution in [3.8, 4) is 0 Å². The van der Waals surface area contributed by atoms with Crippen LogP contribution in [0.2, 0.25) is 5.28 Å². The number of nitrogens with one attached hydrogen (secondary N) is 1. The molecule has 8 heteroatoms. The number of alkyl halides is 3. The van der Waals surface area contributed by atoms with Gasteiger partial charge in [-0.15, -0.1) is 0 Å². The van der Waals surface area contributed by atoms with Crippen molar-refractivity contribution in [3.05, 3.63) is 17.0 Å². The second kappa shape index (κ2) is 4.89. The highest BCUT2D eigenvalue weighted by Gasteiger charge is 2.36. The van der Waals surface area contributed by atoms with Crippen molar-refractivity contribution < 1.29 is 18.3 Å². The van der Waals surface area contributed by atoms with Crippen LogP contribution in [0, 0.1) is 0 Å². The van der Waals surface area contributed by atoms with Crippen molar-refractivity contribution in [1.29, 1.82) is 0 Å². The molecule has 0 amide bonds. The summed E-state index contributed by atoms with van der Waals surface area (Å²) < 4.78 is 38.1. The largest absolute Gasteiger partial charge is 0.421 e. The molecule has 1 atom stereocenters. The van der Waals surface area contributed by atoms with Crippen molar-refractivity contribution in [2.24, 2.45) is 0 Å². The Morgan fingerprint density at radius 3 is 2.39 bits per heavy atom. The molecule has 1 aromatic rings. The van der Waals surface area contributed by atoms with Gasteiger partial charge in [-0.2, -0.15) is 13.2 Å². The summed E-state index contributed by atoms with van der Waals surface area (Å²) in [6, 6.07) is -0.649. The molecule has 0 aliphatic carbocycles. The Balaban J connectivity index is 3.11. The minimum Gasteiger partial charge on any atom is -0.388 e. The van der Waals surface area contributed by atoms with Gasteiger partial charge in [0, 0.05) is 6.20 Å². The van der Waals surface area contributed by atoms with Gasteiger partial charge in [0.05, 0.1) is 11.6 Å². The third-order valence-corrected chi connectivity index (χ3v) is 2.66. The van der Waals surface area contributed by atoms with Gasteiger partial charge in [0.1, 0.15) is 11.4 Å². The maximum Gasteiger partial charge on any atom is 0.421 e. The van der Waals surface area contributed by atoms with Crippen LogP contribution in [-0.2, 0) is 6.18 Å². The first kappa shape index (κ1) is 15.0. The minimum atomic E-state index is -4.59. The molecule has 4 nitrogen and oxygen atoms in total. The molecule has 1 rings (SSSR count). The first-order valence-electron chi connectivity index (χ1n) is 5.10. The van der Waals surface area contributed by atoms with E-state index < -0.39 is 29.2 Å². The molecule has 2 N–H and O–H groups in total. The summed E-state index contributed by atoms with van der Waals surface area (Å²) >= 11 is 5.47. The number of nitrogens with zero attached hydrogens (tertiary/aromatic N) is 2. The predicted octanol–water partition coefficient (Wildman–Crippen LogP) is 2.72. The van der Waals surface area contributed by atoms with E-state index in [1.165, 1.54) is 20.8 Å². The average molecular weight is 284 g/mol. The van der Waals surface area contributed by atoms with E-state index in [1.54, 1.807) is 0 Å². The zero-order chi connectivity index (χ0) is 14.1. The fourth-order valence-corrected chi connectivity index (χ4v) is 1.19. The van der Waals surface area contributed by atoms with Gasteiger partial charge >= 0.3 is 6.18 Å². The summed E-state index contributed by atoms with van der Waals surface area (Å²) in [6.45, 7) is 4.48. The van der Waals surface area contributed by atoms with Gasteiger partial charge in [0.15, 0.2) is 0 Å². The molecule has 0 aliphatic rings. The highest BCUT2D eigenvalue weighted by Crippen LogP contribution is 2.34. The summed E-state index contributed by atoms with van der Waals surface area (Å²) in [7, 11) is 0. The van der Waals surface area contributed by atoms with E-state index in [2.05, 4.69) is 15.3 Å². The molecule has 0 fully saturated rings. The zero-order valence-corrected chi connectivity index (χ0v) is 10.8. The molecular formula is C10H13ClF3N3O. The second-order valence-corrected chi connectivity index (χ2v) is 4.76. The predicted molar refractivity (Wildman–Crippen MR) is 61.4 cm³/mol. The number of hydrogen-bond donors (Lipinski definition) is 2. The van der Waals surface area contributed by atoms with Crippen LogP contribution in [0.5, 0.6) is 0 Å². The van der Waals surface area contributed by atoms with Crippen LogP contribution in [0.15, 0.2) is 6.20 Å². The molecule has 0 spiro atoms. The van der Waals surface area contributed by atoms with Crippen LogP contribution in [0.1, 0.15) is 26.3 Å². The Morgan fingerprint density at radius 2 is 1.94 bits per heavy atom. The maximum absolute atomic E-state index is 12.7. The molecular weight excluding hydrogens is 271 g/mol. The molecule has 0 aromatic carbocycles. The standard InChI is InChI=1S/C10H13ClF3N3O/c1-5(9(2,3)18)16-7-6(10(12,13)14)4-15-8(11)17-7/h4-5,18H,1-3H3,(H,15,16,17)/t5-/m1/s1. The Labute approximate surface area is 107 Å². The normalized spacial score (nSPS) is 14.4. The number of anilines is 1. The fraction of sp³-hybridized carbons (Fsp3) is 0.600. The van der Waals surface area contributed by atoms with Gasteiger partial charge in [-0.1, -0.05) is 0 Å². The number of rotatable bonds is 3. The maximum atomic E-state index is 12.7. The van der Waals surface area contributed by atoms with Crippen LogP contribution >= 0.6 is 11.6 Å². The van der Waals surface area contributed by atoms with Gasteiger partial charge < -0.3 is 10.4 Å². The smallest absolute Gasteiger partial charge is 0.388 e. The monoisotopic (exact) mass is 283 g/mol. The quantitative estimate of drug-likeness (QED) is 0.838. The van der Waals surface area contributed by atoms with Crippen LogP contribution < -0.4 is 5.32 Å². The number of aliphatic hydroxyl groups is 1. The Bertz CT molecular complexity index is 431. The van der Waals surface area contributed by atoms with Gasteiger partial charge in [0.25, 0.3) is 0 Å². The van der Waals surface area contributed by atoms with Crippen molar-refractivity contribution in [1.82, 2.24) is 9.97 Å². The van der Waals surface area contributed by atoms with E-state index in [0.717, 1.165) is 0 Å². The van der Waals surface area contributed by atoms with Gasteiger partial charge in [0.2, 0.25) is 5.28 Å². The Kier molecular flexibility index (Phi) is 4.07. The van der Waals surface area contributed by atoms with E-state index in [1.807, 2.05) is 0 Å². The van der Waals surface area contributed by atoms with E-state index in [9.17, 15) is 18.3 Å². The fourth-order valence-electron chi connectivity index (χ4n) is 1.06. The van der Waals surface area contributed by atoms with Gasteiger partial charge in [-0.05, 0) is 32.4 Å². The van der Waals surface area contributed by atoms with Crippen molar-refractivity contribution in [2.75, 3.05) is 5.32 Å². The summed E-state index contributed by atoms with van der Waals surface area (Å²) in [6.07, 6.45) is -3.99. The molecule has 0 unspecified atom stereocenters. The summed E-state index contributed by atoms with van der Waals surface area (Å²) in [5, 5.41) is 11.9. The van der Waals surface area contributed by atoms with Crippen LogP contribution in [0.4, 0.5) is 19.0 Å². The molecule has 0 bridgehead atoms. The summed E-state index contributed by atoms with van der Waals surface area (Å²) in [5.41, 5.74) is -2.23. The number of hydrogen-bond acceptors (Lipinski definition) is 4. The third kappa shape index (κ3) is 3.71. The first-order chi connectivity index (χ1) is 8.01. The molecule has 18 heavy (non-hydrogen) atoms. The first-order valence-corrected chi connectivity index (χ1v) is 5.48. The van der Waals surface area contributed by atoms with Crippen molar-refractivity contribution in [2.45, 2.75) is 38.6 Å². The Hall–Kier alpha value is -1.08. The SMILES string of the molecule is C[C@@H](Nc1nc(Cl)ncc1C(F)(F)F)C(C)(C)O. The topological polar surface area (TPSA) is 58.0 Å².